The van der Waals surface area contributed by atoms with E-state index in [9.17, 15) is 4.39 Å². The molecule has 0 radical (unpaired) electrons. The fraction of sp³-hybridized carbons (Fsp3) is 0.385. The Morgan fingerprint density at radius 2 is 2.25 bits per heavy atom. The number of hydrogen-bond acceptors (Lipinski definition) is 1. The normalized spacial score (nSPS) is 20.4. The van der Waals surface area contributed by atoms with Crippen molar-refractivity contribution in [2.45, 2.75) is 24.6 Å². The van der Waals surface area contributed by atoms with Crippen LogP contribution in [0.4, 0.5) is 4.39 Å². The standard InChI is InChI=1S/C13H14ClFO/c1-16-11-5-6-12(13(15)8-11)9-3-2-4-10(14)7-9/h5-8,10H,2-4H2,1H3. The number of allylic oxidation sites excluding steroid dienone is 2. The molecule has 1 nitrogen and oxygen atoms in total. The minimum atomic E-state index is -0.239. The van der Waals surface area contributed by atoms with E-state index in [0.717, 1.165) is 24.8 Å². The van der Waals surface area contributed by atoms with E-state index in [4.69, 9.17) is 16.3 Å². The van der Waals surface area contributed by atoms with Gasteiger partial charge < -0.3 is 4.74 Å². The zero-order valence-electron chi connectivity index (χ0n) is 9.17. The number of hydrogen-bond donors (Lipinski definition) is 0. The Morgan fingerprint density at radius 3 is 2.88 bits per heavy atom. The first kappa shape index (κ1) is 11.5. The fourth-order valence-electron chi connectivity index (χ4n) is 1.98. The highest BCUT2D eigenvalue weighted by Crippen LogP contribution is 2.31. The Bertz CT molecular complexity index is 414. The average molecular weight is 241 g/mol. The Balaban J connectivity index is 2.33. The van der Waals surface area contributed by atoms with Crippen LogP contribution in [0.5, 0.6) is 5.75 Å². The predicted molar refractivity (Wildman–Crippen MR) is 64.4 cm³/mol. The number of rotatable bonds is 2. The zero-order chi connectivity index (χ0) is 11.5. The Hall–Kier alpha value is -1.02. The molecule has 0 spiro atoms. The third-order valence-electron chi connectivity index (χ3n) is 2.83. The largest absolute Gasteiger partial charge is 0.497 e. The van der Waals surface area contributed by atoms with Crippen molar-refractivity contribution in [3.8, 4) is 5.75 Å². The van der Waals surface area contributed by atoms with Gasteiger partial charge in [0, 0.05) is 11.6 Å². The Kier molecular flexibility index (Phi) is 3.49. The van der Waals surface area contributed by atoms with Gasteiger partial charge in [0.25, 0.3) is 0 Å². The summed E-state index contributed by atoms with van der Waals surface area (Å²) < 4.78 is 18.8. The quantitative estimate of drug-likeness (QED) is 0.710. The highest BCUT2D eigenvalue weighted by Gasteiger charge is 2.15. The van der Waals surface area contributed by atoms with Crippen LogP contribution >= 0.6 is 11.6 Å². The molecule has 1 aromatic rings. The topological polar surface area (TPSA) is 9.23 Å². The zero-order valence-corrected chi connectivity index (χ0v) is 9.93. The van der Waals surface area contributed by atoms with Crippen molar-refractivity contribution in [3.63, 3.8) is 0 Å². The molecule has 16 heavy (non-hydrogen) atoms. The molecule has 0 N–H and O–H groups in total. The molecule has 3 heteroatoms. The van der Waals surface area contributed by atoms with Crippen LogP contribution in [0.15, 0.2) is 24.3 Å². The van der Waals surface area contributed by atoms with Crippen LogP contribution in [0.3, 0.4) is 0 Å². The predicted octanol–water partition coefficient (Wildman–Crippen LogP) is 4.01. The van der Waals surface area contributed by atoms with Gasteiger partial charge in [-0.25, -0.2) is 4.39 Å². The summed E-state index contributed by atoms with van der Waals surface area (Å²) in [6.45, 7) is 0. The summed E-state index contributed by atoms with van der Waals surface area (Å²) in [7, 11) is 1.53. The molecule has 1 atom stereocenters. The number of alkyl halides is 1. The van der Waals surface area contributed by atoms with Crippen molar-refractivity contribution in [2.75, 3.05) is 7.11 Å². The first-order valence-corrected chi connectivity index (χ1v) is 5.83. The van der Waals surface area contributed by atoms with Crippen LogP contribution in [0.2, 0.25) is 0 Å². The molecular weight excluding hydrogens is 227 g/mol. The van der Waals surface area contributed by atoms with Crippen molar-refractivity contribution in [1.82, 2.24) is 0 Å². The van der Waals surface area contributed by atoms with E-state index in [1.165, 1.54) is 13.2 Å². The number of halogens is 2. The highest BCUT2D eigenvalue weighted by atomic mass is 35.5. The van der Waals surface area contributed by atoms with Crippen molar-refractivity contribution in [2.24, 2.45) is 0 Å². The van der Waals surface area contributed by atoms with Gasteiger partial charge in [-0.3, -0.25) is 0 Å². The molecule has 1 aromatic carbocycles. The molecule has 2 rings (SSSR count). The molecule has 0 aromatic heterocycles. The second-order valence-corrected chi connectivity index (χ2v) is 4.51. The van der Waals surface area contributed by atoms with E-state index in [0.29, 0.717) is 11.3 Å². The van der Waals surface area contributed by atoms with E-state index in [2.05, 4.69) is 0 Å². The molecule has 0 saturated heterocycles. The van der Waals surface area contributed by atoms with E-state index >= 15 is 0 Å². The van der Waals surface area contributed by atoms with Crippen molar-refractivity contribution >= 4 is 17.2 Å². The van der Waals surface area contributed by atoms with E-state index in [1.807, 2.05) is 6.08 Å². The summed E-state index contributed by atoms with van der Waals surface area (Å²) in [5, 5.41) is 0.0326. The van der Waals surface area contributed by atoms with Gasteiger partial charge in [-0.05, 0) is 37.0 Å². The number of benzene rings is 1. The second kappa shape index (κ2) is 4.88. The Labute approximate surface area is 99.9 Å². The van der Waals surface area contributed by atoms with Gasteiger partial charge in [-0.2, -0.15) is 0 Å². The lowest BCUT2D eigenvalue weighted by atomic mass is 9.93. The minimum Gasteiger partial charge on any atom is -0.497 e. The summed E-state index contributed by atoms with van der Waals surface area (Å²) in [6, 6.07) is 4.94. The van der Waals surface area contributed by atoms with E-state index < -0.39 is 0 Å². The van der Waals surface area contributed by atoms with Gasteiger partial charge in [-0.15, -0.1) is 11.6 Å². The molecule has 0 aliphatic heterocycles. The molecular formula is C13H14ClFO. The summed E-state index contributed by atoms with van der Waals surface area (Å²) in [4.78, 5) is 0. The molecule has 0 saturated carbocycles. The van der Waals surface area contributed by atoms with Gasteiger partial charge in [0.05, 0.1) is 12.5 Å². The van der Waals surface area contributed by atoms with Crippen LogP contribution in [0.25, 0.3) is 5.57 Å². The maximum Gasteiger partial charge on any atom is 0.134 e. The van der Waals surface area contributed by atoms with Crippen LogP contribution in [0, 0.1) is 5.82 Å². The smallest absolute Gasteiger partial charge is 0.134 e. The third-order valence-corrected chi connectivity index (χ3v) is 3.17. The first-order valence-electron chi connectivity index (χ1n) is 5.39. The Morgan fingerprint density at radius 1 is 1.44 bits per heavy atom. The monoisotopic (exact) mass is 240 g/mol. The molecule has 1 aliphatic rings. The van der Waals surface area contributed by atoms with E-state index in [1.54, 1.807) is 12.1 Å². The van der Waals surface area contributed by atoms with Gasteiger partial charge in [0.1, 0.15) is 11.6 Å². The lowest BCUT2D eigenvalue weighted by Crippen LogP contribution is -2.04. The van der Waals surface area contributed by atoms with Crippen LogP contribution < -0.4 is 4.74 Å². The molecule has 0 bridgehead atoms. The van der Waals surface area contributed by atoms with E-state index in [-0.39, 0.29) is 11.2 Å². The van der Waals surface area contributed by atoms with Gasteiger partial charge in [0.15, 0.2) is 0 Å². The van der Waals surface area contributed by atoms with Crippen LogP contribution in [0.1, 0.15) is 24.8 Å². The molecule has 1 unspecified atom stereocenters. The molecule has 0 fully saturated rings. The summed E-state index contributed by atoms with van der Waals surface area (Å²) in [5.41, 5.74) is 1.65. The lowest BCUT2D eigenvalue weighted by Gasteiger charge is -2.17. The van der Waals surface area contributed by atoms with Gasteiger partial charge in [0.2, 0.25) is 0 Å². The number of ether oxygens (including phenoxy) is 1. The van der Waals surface area contributed by atoms with Gasteiger partial charge >= 0.3 is 0 Å². The van der Waals surface area contributed by atoms with Crippen LogP contribution in [-0.4, -0.2) is 12.5 Å². The molecule has 86 valence electrons. The van der Waals surface area contributed by atoms with Crippen molar-refractivity contribution < 1.29 is 9.13 Å². The van der Waals surface area contributed by atoms with Gasteiger partial charge in [-0.1, -0.05) is 6.08 Å². The molecule has 0 amide bonds. The SMILES string of the molecule is COc1ccc(C2=CC(Cl)CCC2)c(F)c1. The summed E-state index contributed by atoms with van der Waals surface area (Å²) in [6.07, 6.45) is 4.84. The second-order valence-electron chi connectivity index (χ2n) is 3.95. The maximum absolute atomic E-state index is 13.8. The van der Waals surface area contributed by atoms with Crippen molar-refractivity contribution in [1.29, 1.82) is 0 Å². The minimum absolute atomic E-state index is 0.0326. The highest BCUT2D eigenvalue weighted by molar-refractivity contribution is 6.22. The first-order chi connectivity index (χ1) is 7.70. The summed E-state index contributed by atoms with van der Waals surface area (Å²) in [5.74, 6) is 0.302. The summed E-state index contributed by atoms with van der Waals surface area (Å²) >= 11 is 6.05. The fourth-order valence-corrected chi connectivity index (χ4v) is 2.29. The third kappa shape index (κ3) is 2.38. The average Bonchev–Trinajstić information content (AvgIpc) is 2.28. The van der Waals surface area contributed by atoms with Crippen molar-refractivity contribution in [3.05, 3.63) is 35.7 Å². The molecule has 0 heterocycles. The maximum atomic E-state index is 13.8. The molecule has 1 aliphatic carbocycles. The lowest BCUT2D eigenvalue weighted by molar-refractivity contribution is 0.411. The number of methoxy groups -OCH3 is 1. The van der Waals surface area contributed by atoms with Crippen LogP contribution in [-0.2, 0) is 0 Å².